The highest BCUT2D eigenvalue weighted by molar-refractivity contribution is 7.98. The van der Waals surface area contributed by atoms with Crippen molar-refractivity contribution >= 4 is 28.4 Å². The molecule has 0 bridgehead atoms. The van der Waals surface area contributed by atoms with E-state index in [1.807, 2.05) is 18.0 Å². The maximum atomic E-state index is 5.79. The molecule has 0 saturated heterocycles. The highest BCUT2D eigenvalue weighted by Crippen LogP contribution is 2.27. The Labute approximate surface area is 119 Å². The molecule has 0 radical (unpaired) electrons. The number of nitrogens with zero attached hydrogens (tertiary/aromatic N) is 2. The molecule has 1 unspecified atom stereocenters. The Kier molecular flexibility index (Phi) is 4.66. The van der Waals surface area contributed by atoms with E-state index in [-0.39, 0.29) is 0 Å². The first-order valence-corrected chi connectivity index (χ1v) is 7.87. The molecule has 0 aliphatic heterocycles. The van der Waals surface area contributed by atoms with Crippen molar-refractivity contribution in [2.45, 2.75) is 19.5 Å². The van der Waals surface area contributed by atoms with E-state index in [0.29, 0.717) is 12.6 Å². The number of nitrogens with two attached hydrogens (primary N) is 1. The second-order valence-electron chi connectivity index (χ2n) is 4.77. The normalized spacial score (nSPS) is 12.6. The Bertz CT molecular complexity index is 556. The lowest BCUT2D eigenvalue weighted by atomic mass is 10.1. The second kappa shape index (κ2) is 6.26. The molecular formula is C15H21N3S. The van der Waals surface area contributed by atoms with E-state index in [0.717, 1.165) is 17.1 Å². The van der Waals surface area contributed by atoms with Gasteiger partial charge in [-0.2, -0.15) is 11.8 Å². The van der Waals surface area contributed by atoms with Crippen LogP contribution in [-0.4, -0.2) is 30.1 Å². The van der Waals surface area contributed by atoms with Crippen LogP contribution in [0.2, 0.25) is 0 Å². The zero-order chi connectivity index (χ0) is 13.8. The van der Waals surface area contributed by atoms with Crippen LogP contribution in [0.25, 0.3) is 10.8 Å². The number of thioether (sulfide) groups is 1. The average molecular weight is 275 g/mol. The van der Waals surface area contributed by atoms with E-state index < -0.39 is 0 Å². The monoisotopic (exact) mass is 275 g/mol. The summed E-state index contributed by atoms with van der Waals surface area (Å²) in [6, 6.07) is 8.81. The molecule has 0 spiro atoms. The smallest absolute Gasteiger partial charge is 0.136 e. The lowest BCUT2D eigenvalue weighted by molar-refractivity contribution is 0.756. The highest BCUT2D eigenvalue weighted by atomic mass is 32.2. The molecule has 0 amide bonds. The van der Waals surface area contributed by atoms with Crippen LogP contribution < -0.4 is 10.6 Å². The molecule has 2 aromatic rings. The number of pyridine rings is 1. The molecular weight excluding hydrogens is 254 g/mol. The Morgan fingerprint density at radius 1 is 1.32 bits per heavy atom. The maximum Gasteiger partial charge on any atom is 0.136 e. The van der Waals surface area contributed by atoms with Gasteiger partial charge in [0.1, 0.15) is 5.82 Å². The van der Waals surface area contributed by atoms with Crippen molar-refractivity contribution in [3.8, 4) is 0 Å². The van der Waals surface area contributed by atoms with E-state index in [2.05, 4.69) is 54.4 Å². The van der Waals surface area contributed by atoms with Crippen LogP contribution in [0.5, 0.6) is 0 Å². The number of benzene rings is 1. The zero-order valence-corrected chi connectivity index (χ0v) is 12.6. The van der Waals surface area contributed by atoms with Crippen molar-refractivity contribution in [1.29, 1.82) is 0 Å². The van der Waals surface area contributed by atoms with E-state index in [1.54, 1.807) is 0 Å². The van der Waals surface area contributed by atoms with Gasteiger partial charge in [-0.05, 0) is 24.1 Å². The Hall–Kier alpha value is -1.26. The average Bonchev–Trinajstić information content (AvgIpc) is 2.45. The standard InChI is InChI=1S/C15H21N3S/c1-11(10-19-3)18(2)15-14-7-5-4-6-13(14)12(8-16)9-17-15/h4-7,9,11H,8,10,16H2,1-3H3. The minimum Gasteiger partial charge on any atom is -0.356 e. The van der Waals surface area contributed by atoms with Gasteiger partial charge in [0.25, 0.3) is 0 Å². The number of aromatic nitrogens is 1. The Morgan fingerprint density at radius 3 is 2.63 bits per heavy atom. The van der Waals surface area contributed by atoms with Gasteiger partial charge in [-0.25, -0.2) is 4.98 Å². The minimum absolute atomic E-state index is 0.453. The summed E-state index contributed by atoms with van der Waals surface area (Å²) in [5, 5.41) is 2.39. The van der Waals surface area contributed by atoms with Gasteiger partial charge in [-0.1, -0.05) is 24.3 Å². The minimum atomic E-state index is 0.453. The fourth-order valence-corrected chi connectivity index (χ4v) is 2.95. The van der Waals surface area contributed by atoms with Gasteiger partial charge < -0.3 is 10.6 Å². The summed E-state index contributed by atoms with van der Waals surface area (Å²) >= 11 is 1.86. The number of hydrogen-bond acceptors (Lipinski definition) is 4. The third kappa shape index (κ3) is 2.85. The van der Waals surface area contributed by atoms with Crippen molar-refractivity contribution < 1.29 is 0 Å². The summed E-state index contributed by atoms with van der Waals surface area (Å²) in [5.74, 6) is 2.12. The molecule has 0 saturated carbocycles. The zero-order valence-electron chi connectivity index (χ0n) is 11.8. The molecule has 0 aliphatic carbocycles. The number of fused-ring (bicyclic) bond motifs is 1. The summed E-state index contributed by atoms with van der Waals surface area (Å²) in [7, 11) is 2.11. The molecule has 2 N–H and O–H groups in total. The fraction of sp³-hybridized carbons (Fsp3) is 0.400. The largest absolute Gasteiger partial charge is 0.356 e. The van der Waals surface area contributed by atoms with E-state index in [4.69, 9.17) is 5.73 Å². The van der Waals surface area contributed by atoms with Crippen molar-refractivity contribution in [3.63, 3.8) is 0 Å². The van der Waals surface area contributed by atoms with Crippen LogP contribution in [-0.2, 0) is 6.54 Å². The molecule has 19 heavy (non-hydrogen) atoms. The van der Waals surface area contributed by atoms with Gasteiger partial charge in [0.2, 0.25) is 0 Å². The van der Waals surface area contributed by atoms with Crippen LogP contribution in [0, 0.1) is 0 Å². The molecule has 4 heteroatoms. The molecule has 1 heterocycles. The molecule has 0 fully saturated rings. The summed E-state index contributed by atoms with van der Waals surface area (Å²) < 4.78 is 0. The molecule has 102 valence electrons. The predicted molar refractivity (Wildman–Crippen MR) is 85.9 cm³/mol. The first-order valence-electron chi connectivity index (χ1n) is 6.47. The van der Waals surface area contributed by atoms with Gasteiger partial charge in [-0.3, -0.25) is 0 Å². The highest BCUT2D eigenvalue weighted by Gasteiger charge is 2.14. The molecule has 1 aromatic carbocycles. The van der Waals surface area contributed by atoms with Gasteiger partial charge in [-0.15, -0.1) is 0 Å². The van der Waals surface area contributed by atoms with E-state index in [9.17, 15) is 0 Å². The molecule has 1 atom stereocenters. The van der Waals surface area contributed by atoms with Crippen molar-refractivity contribution in [2.24, 2.45) is 5.73 Å². The maximum absolute atomic E-state index is 5.79. The van der Waals surface area contributed by atoms with Gasteiger partial charge in [0.15, 0.2) is 0 Å². The second-order valence-corrected chi connectivity index (χ2v) is 5.68. The van der Waals surface area contributed by atoms with Crippen molar-refractivity contribution in [2.75, 3.05) is 24.0 Å². The number of rotatable bonds is 5. The number of hydrogen-bond donors (Lipinski definition) is 1. The molecule has 0 aliphatic rings. The third-order valence-electron chi connectivity index (χ3n) is 3.48. The van der Waals surface area contributed by atoms with E-state index >= 15 is 0 Å². The first kappa shape index (κ1) is 14.2. The molecule has 1 aromatic heterocycles. The third-order valence-corrected chi connectivity index (χ3v) is 4.30. The molecule has 3 nitrogen and oxygen atoms in total. The SMILES string of the molecule is CSCC(C)N(C)c1ncc(CN)c2ccccc12. The fourth-order valence-electron chi connectivity index (χ4n) is 2.24. The van der Waals surface area contributed by atoms with Crippen LogP contribution in [0.15, 0.2) is 30.5 Å². The topological polar surface area (TPSA) is 42.2 Å². The summed E-state index contributed by atoms with van der Waals surface area (Å²) in [6.07, 6.45) is 4.04. The van der Waals surface area contributed by atoms with Crippen molar-refractivity contribution in [1.82, 2.24) is 4.98 Å². The molecule has 2 rings (SSSR count). The van der Waals surface area contributed by atoms with Crippen LogP contribution in [0.3, 0.4) is 0 Å². The van der Waals surface area contributed by atoms with E-state index in [1.165, 1.54) is 10.8 Å². The first-order chi connectivity index (χ1) is 9.19. The van der Waals surface area contributed by atoms with Gasteiger partial charge in [0.05, 0.1) is 0 Å². The lowest BCUT2D eigenvalue weighted by Gasteiger charge is -2.27. The van der Waals surface area contributed by atoms with Gasteiger partial charge in [0, 0.05) is 37.0 Å². The Morgan fingerprint density at radius 2 is 2.00 bits per heavy atom. The van der Waals surface area contributed by atoms with Crippen molar-refractivity contribution in [3.05, 3.63) is 36.0 Å². The summed E-state index contributed by atoms with van der Waals surface area (Å²) in [5.41, 5.74) is 6.89. The lowest BCUT2D eigenvalue weighted by Crippen LogP contribution is -2.31. The summed E-state index contributed by atoms with van der Waals surface area (Å²) in [6.45, 7) is 2.75. The van der Waals surface area contributed by atoms with Gasteiger partial charge >= 0.3 is 0 Å². The quantitative estimate of drug-likeness (QED) is 0.911. The number of anilines is 1. The predicted octanol–water partition coefficient (Wildman–Crippen LogP) is 2.88. The van der Waals surface area contributed by atoms with Crippen LogP contribution >= 0.6 is 11.8 Å². The Balaban J connectivity index is 2.50. The van der Waals surface area contributed by atoms with Crippen LogP contribution in [0.4, 0.5) is 5.82 Å². The van der Waals surface area contributed by atoms with Crippen LogP contribution in [0.1, 0.15) is 12.5 Å². The summed E-state index contributed by atoms with van der Waals surface area (Å²) in [4.78, 5) is 6.87.